The number of nitrogens with two attached hydrogens (primary N) is 1. The predicted molar refractivity (Wildman–Crippen MR) is 69.1 cm³/mol. The first-order chi connectivity index (χ1) is 9.38. The van der Waals surface area contributed by atoms with E-state index in [9.17, 15) is 18.0 Å². The zero-order valence-electron chi connectivity index (χ0n) is 11.2. The van der Waals surface area contributed by atoms with Crippen molar-refractivity contribution < 1.29 is 22.7 Å². The monoisotopic (exact) mass is 289 g/mol. The maximum Gasteiger partial charge on any atom is 0.404 e. The summed E-state index contributed by atoms with van der Waals surface area (Å²) in [6, 6.07) is 5.38. The summed E-state index contributed by atoms with van der Waals surface area (Å²) in [6.07, 6.45) is -3.27. The number of alkyl halides is 3. The highest BCUT2D eigenvalue weighted by atomic mass is 19.4. The van der Waals surface area contributed by atoms with Crippen molar-refractivity contribution >= 4 is 5.97 Å². The average molecular weight is 289 g/mol. The van der Waals surface area contributed by atoms with Crippen LogP contribution in [0.3, 0.4) is 0 Å². The van der Waals surface area contributed by atoms with Gasteiger partial charge in [0.05, 0.1) is 6.61 Å². The molecule has 1 aromatic rings. The van der Waals surface area contributed by atoms with Crippen LogP contribution in [0.1, 0.15) is 31.2 Å². The molecule has 2 atom stereocenters. The Balaban J connectivity index is 2.93. The van der Waals surface area contributed by atoms with Crippen molar-refractivity contribution in [2.24, 2.45) is 5.73 Å². The Hall–Kier alpha value is -1.56. The zero-order valence-corrected chi connectivity index (χ0v) is 11.2. The number of unbranched alkanes of at least 4 members (excludes halogenated alkanes) is 1. The van der Waals surface area contributed by atoms with Crippen molar-refractivity contribution in [3.63, 3.8) is 0 Å². The summed E-state index contributed by atoms with van der Waals surface area (Å²) in [5.41, 5.74) is 5.41. The van der Waals surface area contributed by atoms with Gasteiger partial charge in [-0.15, -0.1) is 0 Å². The molecule has 1 rings (SSSR count). The maximum absolute atomic E-state index is 12.8. The second-order valence-electron chi connectivity index (χ2n) is 4.48. The van der Waals surface area contributed by atoms with Crippen molar-refractivity contribution in [3.8, 4) is 0 Å². The lowest BCUT2D eigenvalue weighted by atomic mass is 9.91. The molecule has 0 radical (unpaired) electrons. The molecular formula is C14H18F3NO2. The van der Waals surface area contributed by atoms with Gasteiger partial charge in [0.2, 0.25) is 0 Å². The summed E-state index contributed by atoms with van der Waals surface area (Å²) in [5.74, 6) is -2.47. The fraction of sp³-hybridized carbons (Fsp3) is 0.500. The van der Waals surface area contributed by atoms with Crippen molar-refractivity contribution in [2.45, 2.75) is 37.9 Å². The van der Waals surface area contributed by atoms with Gasteiger partial charge in [-0.3, -0.25) is 4.79 Å². The summed E-state index contributed by atoms with van der Waals surface area (Å²) in [4.78, 5) is 11.9. The minimum atomic E-state index is -4.66. The van der Waals surface area contributed by atoms with Crippen molar-refractivity contribution in [1.82, 2.24) is 0 Å². The van der Waals surface area contributed by atoms with Gasteiger partial charge in [0.25, 0.3) is 0 Å². The minimum Gasteiger partial charge on any atom is -0.465 e. The van der Waals surface area contributed by atoms with Crippen LogP contribution in [-0.4, -0.2) is 24.8 Å². The number of ether oxygens (including phenoxy) is 1. The third kappa shape index (κ3) is 4.52. The highest BCUT2D eigenvalue weighted by Gasteiger charge is 2.46. The maximum atomic E-state index is 12.8. The molecule has 0 aromatic heterocycles. The van der Waals surface area contributed by atoms with Gasteiger partial charge in [-0.25, -0.2) is 0 Å². The molecule has 0 amide bonds. The molecule has 112 valence electrons. The van der Waals surface area contributed by atoms with E-state index in [1.54, 1.807) is 18.2 Å². The molecule has 0 saturated carbocycles. The first-order valence-corrected chi connectivity index (χ1v) is 6.41. The third-order valence-corrected chi connectivity index (χ3v) is 2.89. The molecule has 0 bridgehead atoms. The van der Waals surface area contributed by atoms with Crippen LogP contribution in [0.4, 0.5) is 13.2 Å². The third-order valence-electron chi connectivity index (χ3n) is 2.89. The first kappa shape index (κ1) is 16.5. The number of benzene rings is 1. The molecular weight excluding hydrogens is 271 g/mol. The SMILES string of the molecule is CCCCOC(=O)[C@H](c1ccccc1)[C@@H](N)C(F)(F)F. The van der Waals surface area contributed by atoms with E-state index in [2.05, 4.69) is 0 Å². The van der Waals surface area contributed by atoms with Crippen LogP contribution in [0, 0.1) is 0 Å². The number of halogens is 3. The van der Waals surface area contributed by atoms with Crippen LogP contribution < -0.4 is 5.73 Å². The number of hydrogen-bond acceptors (Lipinski definition) is 3. The molecule has 0 aliphatic carbocycles. The molecule has 0 aliphatic heterocycles. The summed E-state index contributed by atoms with van der Waals surface area (Å²) in [7, 11) is 0. The molecule has 0 heterocycles. The molecule has 20 heavy (non-hydrogen) atoms. The predicted octanol–water partition coefficient (Wildman–Crippen LogP) is 3.00. The van der Waals surface area contributed by atoms with E-state index in [1.165, 1.54) is 12.1 Å². The largest absolute Gasteiger partial charge is 0.465 e. The lowest BCUT2D eigenvalue weighted by molar-refractivity contribution is -0.169. The first-order valence-electron chi connectivity index (χ1n) is 6.41. The molecule has 0 spiro atoms. The highest BCUT2D eigenvalue weighted by Crippen LogP contribution is 2.31. The van der Waals surface area contributed by atoms with Crippen molar-refractivity contribution in [2.75, 3.05) is 6.61 Å². The van der Waals surface area contributed by atoms with Gasteiger partial charge in [0.15, 0.2) is 0 Å². The lowest BCUT2D eigenvalue weighted by Crippen LogP contribution is -2.46. The summed E-state index contributed by atoms with van der Waals surface area (Å²) >= 11 is 0. The molecule has 2 N–H and O–H groups in total. The van der Waals surface area contributed by atoms with E-state index in [0.717, 1.165) is 6.42 Å². The quantitative estimate of drug-likeness (QED) is 0.647. The Morgan fingerprint density at radius 3 is 2.40 bits per heavy atom. The van der Waals surface area contributed by atoms with Gasteiger partial charge in [-0.1, -0.05) is 43.7 Å². The summed E-state index contributed by atoms with van der Waals surface area (Å²) < 4.78 is 43.3. The van der Waals surface area contributed by atoms with Gasteiger partial charge >= 0.3 is 12.1 Å². The normalized spacial score (nSPS) is 14.7. The van der Waals surface area contributed by atoms with E-state index in [1.807, 2.05) is 6.92 Å². The van der Waals surface area contributed by atoms with Gasteiger partial charge in [0.1, 0.15) is 12.0 Å². The molecule has 0 saturated heterocycles. The fourth-order valence-corrected chi connectivity index (χ4v) is 1.75. The Labute approximate surface area is 115 Å². The van der Waals surface area contributed by atoms with Gasteiger partial charge in [0, 0.05) is 0 Å². The fourth-order valence-electron chi connectivity index (χ4n) is 1.75. The topological polar surface area (TPSA) is 52.3 Å². The van der Waals surface area contributed by atoms with E-state index in [4.69, 9.17) is 10.5 Å². The van der Waals surface area contributed by atoms with Crippen LogP contribution in [0.2, 0.25) is 0 Å². The Morgan fingerprint density at radius 1 is 1.30 bits per heavy atom. The number of hydrogen-bond donors (Lipinski definition) is 1. The van der Waals surface area contributed by atoms with Crippen molar-refractivity contribution in [1.29, 1.82) is 0 Å². The van der Waals surface area contributed by atoms with E-state index < -0.39 is 24.1 Å². The second kappa shape index (κ2) is 7.28. The van der Waals surface area contributed by atoms with Crippen LogP contribution in [0.25, 0.3) is 0 Å². The summed E-state index contributed by atoms with van der Waals surface area (Å²) in [5, 5.41) is 0. The molecule has 0 aliphatic rings. The Morgan fingerprint density at radius 2 is 1.90 bits per heavy atom. The van der Waals surface area contributed by atoms with E-state index in [0.29, 0.717) is 6.42 Å². The standard InChI is InChI=1S/C14H18F3NO2/c1-2-3-9-20-13(19)11(12(18)14(15,16)17)10-7-5-4-6-8-10/h4-8,11-12H,2-3,9,18H2,1H3/t11-,12-/m1/s1. The van der Waals surface area contributed by atoms with Gasteiger partial charge in [-0.2, -0.15) is 13.2 Å². The van der Waals surface area contributed by atoms with Crippen LogP contribution in [0.5, 0.6) is 0 Å². The van der Waals surface area contributed by atoms with E-state index in [-0.39, 0.29) is 12.2 Å². The Kier molecular flexibility index (Phi) is 6.01. The van der Waals surface area contributed by atoms with Crippen molar-refractivity contribution in [3.05, 3.63) is 35.9 Å². The summed E-state index contributed by atoms with van der Waals surface area (Å²) in [6.45, 7) is 1.99. The number of rotatable bonds is 6. The molecule has 1 aromatic carbocycles. The molecule has 0 fully saturated rings. The number of carbonyl (C=O) groups excluding carboxylic acids is 1. The second-order valence-corrected chi connectivity index (χ2v) is 4.48. The van der Waals surface area contributed by atoms with E-state index >= 15 is 0 Å². The Bertz CT molecular complexity index is 420. The number of carbonyl (C=O) groups is 1. The minimum absolute atomic E-state index is 0.100. The molecule has 3 nitrogen and oxygen atoms in total. The molecule has 6 heteroatoms. The van der Waals surface area contributed by atoms with Gasteiger partial charge < -0.3 is 10.5 Å². The molecule has 0 unspecified atom stereocenters. The van der Waals surface area contributed by atoms with Gasteiger partial charge in [-0.05, 0) is 12.0 Å². The lowest BCUT2D eigenvalue weighted by Gasteiger charge is -2.24. The van der Waals surface area contributed by atoms with Crippen LogP contribution >= 0.6 is 0 Å². The average Bonchev–Trinajstić information content (AvgIpc) is 2.39. The van der Waals surface area contributed by atoms with Crippen LogP contribution in [-0.2, 0) is 9.53 Å². The smallest absolute Gasteiger partial charge is 0.404 e. The highest BCUT2D eigenvalue weighted by molar-refractivity contribution is 5.79. The zero-order chi connectivity index (χ0) is 15.2. The number of esters is 1. The van der Waals surface area contributed by atoms with Crippen LogP contribution in [0.15, 0.2) is 30.3 Å².